The van der Waals surface area contributed by atoms with E-state index in [9.17, 15) is 4.79 Å². The molecule has 4 aromatic rings. The first-order valence-corrected chi connectivity index (χ1v) is 10.4. The van der Waals surface area contributed by atoms with Gasteiger partial charge in [-0.3, -0.25) is 4.79 Å². The number of amides is 1. The molecule has 0 radical (unpaired) electrons. The monoisotopic (exact) mass is 435 g/mol. The topological polar surface area (TPSA) is 84.2 Å². The molecule has 3 aromatic carbocycles. The van der Waals surface area contributed by atoms with Crippen LogP contribution in [0.25, 0.3) is 0 Å². The molecular formula is C27H21N3O3. The maximum atomic E-state index is 12.9. The number of ether oxygens (including phenoxy) is 2. The summed E-state index contributed by atoms with van der Waals surface area (Å²) in [4.78, 5) is 17.0. The molecule has 0 bridgehead atoms. The summed E-state index contributed by atoms with van der Waals surface area (Å²) >= 11 is 0. The molecule has 162 valence electrons. The highest BCUT2D eigenvalue weighted by Gasteiger charge is 2.12. The Morgan fingerprint density at radius 1 is 0.818 bits per heavy atom. The summed E-state index contributed by atoms with van der Waals surface area (Å²) in [5, 5.41) is 11.7. The molecule has 33 heavy (non-hydrogen) atoms. The fraction of sp³-hybridized carbons (Fsp3) is 0.0741. The number of nitrogens with one attached hydrogen (secondary N) is 1. The van der Waals surface area contributed by atoms with Gasteiger partial charge in [-0.2, -0.15) is 5.26 Å². The number of nitriles is 1. The Hall–Kier alpha value is -4.63. The van der Waals surface area contributed by atoms with Gasteiger partial charge >= 0.3 is 0 Å². The molecule has 1 amide bonds. The second kappa shape index (κ2) is 10.6. The summed E-state index contributed by atoms with van der Waals surface area (Å²) in [6, 6.07) is 29.8. The van der Waals surface area contributed by atoms with Crippen LogP contribution in [0.4, 0.5) is 5.82 Å². The van der Waals surface area contributed by atoms with E-state index in [1.165, 1.54) is 6.20 Å². The molecule has 6 heteroatoms. The molecule has 0 atom stereocenters. The normalized spacial score (nSPS) is 10.2. The summed E-state index contributed by atoms with van der Waals surface area (Å²) in [7, 11) is 0. The SMILES string of the molecule is N#Cc1ccc(NC(=O)c2cc(OCc3ccccc3)cc(OCc3ccccc3)c2)nc1. The van der Waals surface area contributed by atoms with Gasteiger partial charge in [-0.15, -0.1) is 0 Å². The van der Waals surface area contributed by atoms with Crippen LogP contribution in [0.3, 0.4) is 0 Å². The second-order valence-electron chi connectivity index (χ2n) is 7.24. The Morgan fingerprint density at radius 3 is 1.88 bits per heavy atom. The number of rotatable bonds is 8. The number of carbonyl (C=O) groups is 1. The van der Waals surface area contributed by atoms with Crippen LogP contribution in [0.5, 0.6) is 11.5 Å². The van der Waals surface area contributed by atoms with Crippen LogP contribution < -0.4 is 14.8 Å². The Morgan fingerprint density at radius 2 is 1.39 bits per heavy atom. The van der Waals surface area contributed by atoms with Crippen molar-refractivity contribution in [2.24, 2.45) is 0 Å². The first-order chi connectivity index (χ1) is 16.2. The average Bonchev–Trinajstić information content (AvgIpc) is 2.88. The standard InChI is InChI=1S/C27H21N3O3/c28-16-22-11-12-26(29-17-22)30-27(31)23-13-24(32-18-20-7-3-1-4-8-20)15-25(14-23)33-19-21-9-5-2-6-10-21/h1-15,17H,18-19H2,(H,29,30,31). The number of anilines is 1. The van der Waals surface area contributed by atoms with Gasteiger partial charge in [0.25, 0.3) is 5.91 Å². The van der Waals surface area contributed by atoms with Gasteiger partial charge in [-0.05, 0) is 35.4 Å². The van der Waals surface area contributed by atoms with Crippen molar-refractivity contribution in [1.82, 2.24) is 4.98 Å². The van der Waals surface area contributed by atoms with Crippen molar-refractivity contribution in [3.63, 3.8) is 0 Å². The van der Waals surface area contributed by atoms with Crippen LogP contribution in [0.1, 0.15) is 27.0 Å². The van der Waals surface area contributed by atoms with E-state index in [0.717, 1.165) is 11.1 Å². The van der Waals surface area contributed by atoms with Gasteiger partial charge in [0.1, 0.15) is 36.6 Å². The number of hydrogen-bond acceptors (Lipinski definition) is 5. The van der Waals surface area contributed by atoms with Crippen molar-refractivity contribution < 1.29 is 14.3 Å². The number of benzene rings is 3. The van der Waals surface area contributed by atoms with Crippen molar-refractivity contribution >= 4 is 11.7 Å². The van der Waals surface area contributed by atoms with Crippen LogP contribution in [0, 0.1) is 11.3 Å². The molecule has 6 nitrogen and oxygen atoms in total. The number of hydrogen-bond donors (Lipinski definition) is 1. The van der Waals surface area contributed by atoms with E-state index in [4.69, 9.17) is 14.7 Å². The Labute approximate surface area is 192 Å². The molecule has 0 aliphatic carbocycles. The van der Waals surface area contributed by atoms with Crippen molar-refractivity contribution in [2.75, 3.05) is 5.32 Å². The minimum atomic E-state index is -0.359. The lowest BCUT2D eigenvalue weighted by molar-refractivity contribution is 0.102. The molecule has 0 spiro atoms. The quantitative estimate of drug-likeness (QED) is 0.403. The fourth-order valence-corrected chi connectivity index (χ4v) is 3.07. The molecule has 1 heterocycles. The van der Waals surface area contributed by atoms with E-state index < -0.39 is 0 Å². The highest BCUT2D eigenvalue weighted by molar-refractivity contribution is 6.04. The molecule has 0 fully saturated rings. The number of carbonyl (C=O) groups excluding carboxylic acids is 1. The van der Waals surface area contributed by atoms with Crippen LogP contribution in [0.15, 0.2) is 97.2 Å². The lowest BCUT2D eigenvalue weighted by Crippen LogP contribution is -2.13. The molecule has 1 N–H and O–H groups in total. The van der Waals surface area contributed by atoms with Gasteiger partial charge < -0.3 is 14.8 Å². The maximum Gasteiger partial charge on any atom is 0.257 e. The number of nitrogens with zero attached hydrogens (tertiary/aromatic N) is 2. The summed E-state index contributed by atoms with van der Waals surface area (Å²) in [6.07, 6.45) is 1.41. The van der Waals surface area contributed by atoms with Crippen molar-refractivity contribution in [1.29, 1.82) is 5.26 Å². The third-order valence-electron chi connectivity index (χ3n) is 4.77. The molecule has 4 rings (SSSR count). The first kappa shape index (κ1) is 21.6. The zero-order valence-corrected chi connectivity index (χ0v) is 17.8. The average molecular weight is 435 g/mol. The summed E-state index contributed by atoms with van der Waals surface area (Å²) in [5.41, 5.74) is 2.82. The van der Waals surface area contributed by atoms with Gasteiger partial charge in [0.2, 0.25) is 0 Å². The Balaban J connectivity index is 1.53. The second-order valence-corrected chi connectivity index (χ2v) is 7.24. The van der Waals surface area contributed by atoms with Crippen molar-refractivity contribution in [3.05, 3.63) is 119 Å². The lowest BCUT2D eigenvalue weighted by Gasteiger charge is -2.13. The largest absolute Gasteiger partial charge is 0.489 e. The van der Waals surface area contributed by atoms with E-state index in [-0.39, 0.29) is 5.91 Å². The van der Waals surface area contributed by atoms with Crippen LogP contribution in [-0.2, 0) is 13.2 Å². The first-order valence-electron chi connectivity index (χ1n) is 10.4. The highest BCUT2D eigenvalue weighted by atomic mass is 16.5. The molecule has 0 saturated carbocycles. The zero-order valence-electron chi connectivity index (χ0n) is 17.8. The molecule has 0 unspecified atom stereocenters. The number of pyridine rings is 1. The van der Waals surface area contributed by atoms with E-state index in [1.807, 2.05) is 66.7 Å². The summed E-state index contributed by atoms with van der Waals surface area (Å²) in [5.74, 6) is 1.02. The van der Waals surface area contributed by atoms with E-state index in [0.29, 0.717) is 41.7 Å². The highest BCUT2D eigenvalue weighted by Crippen LogP contribution is 2.25. The van der Waals surface area contributed by atoms with E-state index in [1.54, 1.807) is 30.3 Å². The zero-order chi connectivity index (χ0) is 22.9. The predicted octanol–water partition coefficient (Wildman–Crippen LogP) is 5.36. The van der Waals surface area contributed by atoms with Gasteiger partial charge in [0, 0.05) is 17.8 Å². The van der Waals surface area contributed by atoms with Crippen LogP contribution in [0.2, 0.25) is 0 Å². The number of aromatic nitrogens is 1. The Kier molecular flexibility index (Phi) is 6.94. The maximum absolute atomic E-state index is 12.9. The fourth-order valence-electron chi connectivity index (χ4n) is 3.07. The minimum absolute atomic E-state index is 0.348. The van der Waals surface area contributed by atoms with Gasteiger partial charge in [-0.25, -0.2) is 4.98 Å². The van der Waals surface area contributed by atoms with Crippen molar-refractivity contribution in [2.45, 2.75) is 13.2 Å². The minimum Gasteiger partial charge on any atom is -0.489 e. The summed E-state index contributed by atoms with van der Waals surface area (Å²) in [6.45, 7) is 0.725. The lowest BCUT2D eigenvalue weighted by atomic mass is 10.1. The molecular weight excluding hydrogens is 414 g/mol. The summed E-state index contributed by atoms with van der Waals surface area (Å²) < 4.78 is 11.9. The molecule has 0 aliphatic rings. The third-order valence-corrected chi connectivity index (χ3v) is 4.77. The molecule has 1 aromatic heterocycles. The van der Waals surface area contributed by atoms with Crippen molar-refractivity contribution in [3.8, 4) is 17.6 Å². The smallest absolute Gasteiger partial charge is 0.257 e. The van der Waals surface area contributed by atoms with Crippen LogP contribution >= 0.6 is 0 Å². The van der Waals surface area contributed by atoms with E-state index >= 15 is 0 Å². The molecule has 0 aliphatic heterocycles. The van der Waals surface area contributed by atoms with E-state index in [2.05, 4.69) is 10.3 Å². The predicted molar refractivity (Wildman–Crippen MR) is 125 cm³/mol. The van der Waals surface area contributed by atoms with Gasteiger partial charge in [0.15, 0.2) is 0 Å². The van der Waals surface area contributed by atoms with Gasteiger partial charge in [-0.1, -0.05) is 60.7 Å². The van der Waals surface area contributed by atoms with Gasteiger partial charge in [0.05, 0.1) is 5.56 Å². The Bertz CT molecular complexity index is 1190. The van der Waals surface area contributed by atoms with Crippen LogP contribution in [-0.4, -0.2) is 10.9 Å². The third kappa shape index (κ3) is 6.18. The molecule has 0 saturated heterocycles.